The van der Waals surface area contributed by atoms with Gasteiger partial charge in [-0.25, -0.2) is 9.97 Å². The SMILES string of the molecule is CN(C)c1ncnc2ccc(N3CCN(C(=O)c4cccc(=O)[nH]4)CC3)cc12. The van der Waals surface area contributed by atoms with Crippen LogP contribution in [0.3, 0.4) is 0 Å². The summed E-state index contributed by atoms with van der Waals surface area (Å²) in [5.74, 6) is 0.743. The Kier molecular flexibility index (Phi) is 4.68. The first-order chi connectivity index (χ1) is 13.5. The highest BCUT2D eigenvalue weighted by molar-refractivity contribution is 5.93. The Morgan fingerprint density at radius 2 is 1.86 bits per heavy atom. The third-order valence-electron chi connectivity index (χ3n) is 4.95. The van der Waals surface area contributed by atoms with E-state index >= 15 is 0 Å². The van der Waals surface area contributed by atoms with Crippen molar-refractivity contribution < 1.29 is 4.79 Å². The van der Waals surface area contributed by atoms with Crippen molar-refractivity contribution in [3.63, 3.8) is 0 Å². The van der Waals surface area contributed by atoms with Gasteiger partial charge in [0.25, 0.3) is 5.91 Å². The predicted octanol–water partition coefficient (Wildman–Crippen LogP) is 1.35. The number of nitrogens with one attached hydrogen (secondary N) is 1. The number of hydrogen-bond acceptors (Lipinski definition) is 6. The molecule has 3 aromatic rings. The third-order valence-corrected chi connectivity index (χ3v) is 4.95. The minimum absolute atomic E-state index is 0.140. The molecule has 1 fully saturated rings. The number of fused-ring (bicyclic) bond motifs is 1. The molecule has 8 nitrogen and oxygen atoms in total. The quantitative estimate of drug-likeness (QED) is 0.740. The maximum absolute atomic E-state index is 12.6. The summed E-state index contributed by atoms with van der Waals surface area (Å²) in [4.78, 5) is 41.4. The van der Waals surface area contributed by atoms with Gasteiger partial charge < -0.3 is 19.7 Å². The Hall–Kier alpha value is -3.42. The highest BCUT2D eigenvalue weighted by atomic mass is 16.2. The number of carbonyl (C=O) groups is 1. The number of benzene rings is 1. The topological polar surface area (TPSA) is 85.4 Å². The monoisotopic (exact) mass is 378 g/mol. The highest BCUT2D eigenvalue weighted by Crippen LogP contribution is 2.27. The number of anilines is 2. The van der Waals surface area contributed by atoms with Crippen LogP contribution in [-0.4, -0.2) is 66.0 Å². The summed E-state index contributed by atoms with van der Waals surface area (Å²) in [7, 11) is 3.93. The Labute approximate surface area is 162 Å². The average molecular weight is 378 g/mol. The third kappa shape index (κ3) is 3.40. The van der Waals surface area contributed by atoms with Crippen LogP contribution in [0.4, 0.5) is 11.5 Å². The molecule has 0 atom stereocenters. The molecule has 1 aliphatic heterocycles. The number of nitrogens with zero attached hydrogens (tertiary/aromatic N) is 5. The summed E-state index contributed by atoms with van der Waals surface area (Å²) in [6.07, 6.45) is 1.58. The summed E-state index contributed by atoms with van der Waals surface area (Å²) < 4.78 is 0. The molecule has 0 radical (unpaired) electrons. The zero-order chi connectivity index (χ0) is 19.7. The molecule has 1 N–H and O–H groups in total. The Morgan fingerprint density at radius 3 is 2.57 bits per heavy atom. The molecule has 0 aliphatic carbocycles. The largest absolute Gasteiger partial charge is 0.368 e. The lowest BCUT2D eigenvalue weighted by Crippen LogP contribution is -2.49. The number of piperazine rings is 1. The second-order valence-corrected chi connectivity index (χ2v) is 7.00. The van der Waals surface area contributed by atoms with E-state index in [0.717, 1.165) is 35.5 Å². The average Bonchev–Trinajstić information content (AvgIpc) is 2.72. The normalized spacial score (nSPS) is 14.4. The van der Waals surface area contributed by atoms with E-state index in [1.807, 2.05) is 25.1 Å². The van der Waals surface area contributed by atoms with Gasteiger partial charge in [-0.1, -0.05) is 6.07 Å². The molecule has 144 valence electrons. The van der Waals surface area contributed by atoms with Crippen molar-refractivity contribution in [3.05, 3.63) is 58.8 Å². The lowest BCUT2D eigenvalue weighted by molar-refractivity contribution is 0.0740. The van der Waals surface area contributed by atoms with Crippen LogP contribution < -0.4 is 15.4 Å². The van der Waals surface area contributed by atoms with Crippen LogP contribution in [0.5, 0.6) is 0 Å². The molecule has 1 amide bonds. The summed E-state index contributed by atoms with van der Waals surface area (Å²) in [5.41, 5.74) is 2.06. The Balaban J connectivity index is 1.51. The lowest BCUT2D eigenvalue weighted by atomic mass is 10.1. The van der Waals surface area contributed by atoms with Crippen molar-refractivity contribution in [1.29, 1.82) is 0 Å². The first-order valence-electron chi connectivity index (χ1n) is 9.18. The maximum Gasteiger partial charge on any atom is 0.270 e. The van der Waals surface area contributed by atoms with Gasteiger partial charge in [-0.2, -0.15) is 0 Å². The number of aromatic nitrogens is 3. The maximum atomic E-state index is 12.6. The number of rotatable bonds is 3. The van der Waals surface area contributed by atoms with E-state index in [4.69, 9.17) is 0 Å². The van der Waals surface area contributed by atoms with Gasteiger partial charge in [-0.15, -0.1) is 0 Å². The van der Waals surface area contributed by atoms with E-state index in [1.165, 1.54) is 6.07 Å². The minimum atomic E-state index is -0.264. The summed E-state index contributed by atoms with van der Waals surface area (Å²) >= 11 is 0. The van der Waals surface area contributed by atoms with E-state index in [-0.39, 0.29) is 11.5 Å². The first kappa shape index (κ1) is 18.0. The van der Waals surface area contributed by atoms with Crippen LogP contribution >= 0.6 is 0 Å². The predicted molar refractivity (Wildman–Crippen MR) is 109 cm³/mol. The Bertz CT molecular complexity index is 1070. The van der Waals surface area contributed by atoms with Crippen molar-refractivity contribution >= 4 is 28.3 Å². The van der Waals surface area contributed by atoms with Crippen molar-refractivity contribution in [3.8, 4) is 0 Å². The van der Waals surface area contributed by atoms with Crippen molar-refractivity contribution in [2.24, 2.45) is 0 Å². The van der Waals surface area contributed by atoms with Crippen molar-refractivity contribution in [2.75, 3.05) is 50.1 Å². The van der Waals surface area contributed by atoms with Crippen LogP contribution in [0, 0.1) is 0 Å². The molecule has 1 aromatic carbocycles. The molecule has 2 aromatic heterocycles. The minimum Gasteiger partial charge on any atom is -0.368 e. The second-order valence-electron chi connectivity index (χ2n) is 7.00. The number of hydrogen-bond donors (Lipinski definition) is 1. The van der Waals surface area contributed by atoms with Crippen LogP contribution in [0.25, 0.3) is 10.9 Å². The van der Waals surface area contributed by atoms with E-state index < -0.39 is 0 Å². The molecule has 0 bridgehead atoms. The van der Waals surface area contributed by atoms with E-state index in [0.29, 0.717) is 18.8 Å². The molecule has 3 heterocycles. The van der Waals surface area contributed by atoms with Gasteiger partial charge in [-0.05, 0) is 24.3 Å². The summed E-state index contributed by atoms with van der Waals surface area (Å²) in [5, 5.41) is 1.00. The molecule has 4 rings (SSSR count). The zero-order valence-corrected chi connectivity index (χ0v) is 15.9. The standard InChI is InChI=1S/C20H22N6O2/c1-24(2)19-15-12-14(6-7-16(15)21-13-22-19)25-8-10-26(11-9-25)20(28)17-4-3-5-18(27)23-17/h3-7,12-13H,8-11H2,1-2H3,(H,23,27). The van der Waals surface area contributed by atoms with Crippen LogP contribution in [-0.2, 0) is 0 Å². The second kappa shape index (κ2) is 7.30. The van der Waals surface area contributed by atoms with E-state index in [1.54, 1.807) is 23.4 Å². The Morgan fingerprint density at radius 1 is 1.07 bits per heavy atom. The fourth-order valence-electron chi connectivity index (χ4n) is 3.49. The van der Waals surface area contributed by atoms with E-state index in [9.17, 15) is 9.59 Å². The van der Waals surface area contributed by atoms with Crippen LogP contribution in [0.2, 0.25) is 0 Å². The lowest BCUT2D eigenvalue weighted by Gasteiger charge is -2.36. The molecule has 1 saturated heterocycles. The fourth-order valence-corrected chi connectivity index (χ4v) is 3.49. The molecular weight excluding hydrogens is 356 g/mol. The van der Waals surface area contributed by atoms with Gasteiger partial charge >= 0.3 is 0 Å². The summed E-state index contributed by atoms with van der Waals surface area (Å²) in [6, 6.07) is 10.8. The van der Waals surface area contributed by atoms with Crippen molar-refractivity contribution in [2.45, 2.75) is 0 Å². The molecule has 8 heteroatoms. The highest BCUT2D eigenvalue weighted by Gasteiger charge is 2.23. The van der Waals surface area contributed by atoms with E-state index in [2.05, 4.69) is 32.0 Å². The molecule has 1 aliphatic rings. The molecule has 28 heavy (non-hydrogen) atoms. The number of aromatic amines is 1. The molecular formula is C20H22N6O2. The first-order valence-corrected chi connectivity index (χ1v) is 9.18. The van der Waals surface area contributed by atoms with Crippen molar-refractivity contribution in [1.82, 2.24) is 19.9 Å². The van der Waals surface area contributed by atoms with Gasteiger partial charge in [-0.3, -0.25) is 9.59 Å². The zero-order valence-electron chi connectivity index (χ0n) is 15.9. The number of pyridine rings is 1. The fraction of sp³-hybridized carbons (Fsp3) is 0.300. The smallest absolute Gasteiger partial charge is 0.270 e. The summed E-state index contributed by atoms with van der Waals surface area (Å²) in [6.45, 7) is 2.64. The van der Waals surface area contributed by atoms with Gasteiger partial charge in [0.05, 0.1) is 5.52 Å². The van der Waals surface area contributed by atoms with Gasteiger partial charge in [0.2, 0.25) is 5.56 Å². The van der Waals surface area contributed by atoms with Crippen LogP contribution in [0.15, 0.2) is 47.5 Å². The number of carbonyl (C=O) groups excluding carboxylic acids is 1. The van der Waals surface area contributed by atoms with Gasteiger partial charge in [0, 0.05) is 57.4 Å². The molecule has 0 unspecified atom stereocenters. The van der Waals surface area contributed by atoms with Gasteiger partial charge in [0.15, 0.2) is 0 Å². The molecule has 0 saturated carbocycles. The number of amides is 1. The van der Waals surface area contributed by atoms with Gasteiger partial charge in [0.1, 0.15) is 17.8 Å². The van der Waals surface area contributed by atoms with Crippen LogP contribution in [0.1, 0.15) is 10.5 Å². The molecule has 0 spiro atoms. The number of H-pyrrole nitrogens is 1.